The third-order valence-corrected chi connectivity index (χ3v) is 4.20. The van der Waals surface area contributed by atoms with Gasteiger partial charge in [0.25, 0.3) is 0 Å². The van der Waals surface area contributed by atoms with E-state index in [-0.39, 0.29) is 0 Å². The smallest absolute Gasteiger partial charge is 0.119 e. The first-order valence-electron chi connectivity index (χ1n) is 6.41. The lowest BCUT2D eigenvalue weighted by Crippen LogP contribution is -2.33. The van der Waals surface area contributed by atoms with E-state index in [2.05, 4.69) is 41.3 Å². The first-order chi connectivity index (χ1) is 8.38. The lowest BCUT2D eigenvalue weighted by Gasteiger charge is -2.22. The normalized spacial score (nSPS) is 20.2. The van der Waals surface area contributed by atoms with E-state index in [9.17, 15) is 0 Å². The molecule has 1 heterocycles. The second kappa shape index (κ2) is 6.92. The lowest BCUT2D eigenvalue weighted by molar-refractivity contribution is 0.340. The highest BCUT2D eigenvalue weighted by molar-refractivity contribution is 7.99. The van der Waals surface area contributed by atoms with Crippen LogP contribution in [0.2, 0.25) is 0 Å². The molecule has 1 N–H and O–H groups in total. The topological polar surface area (TPSA) is 21.3 Å². The van der Waals surface area contributed by atoms with Crippen LogP contribution >= 0.6 is 11.8 Å². The maximum atomic E-state index is 5.43. The highest BCUT2D eigenvalue weighted by atomic mass is 32.2. The zero-order chi connectivity index (χ0) is 11.9. The minimum atomic E-state index is 0.695. The fraction of sp³-hybridized carbons (Fsp3) is 0.571. The van der Waals surface area contributed by atoms with E-state index in [1.54, 1.807) is 0 Å². The molecule has 1 saturated heterocycles. The van der Waals surface area contributed by atoms with Gasteiger partial charge in [-0.2, -0.15) is 11.8 Å². The molecule has 0 saturated carbocycles. The van der Waals surface area contributed by atoms with Crippen LogP contribution in [0.5, 0.6) is 5.75 Å². The Morgan fingerprint density at radius 1 is 1.35 bits per heavy atom. The number of ether oxygens (including phenoxy) is 1. The zero-order valence-electron chi connectivity index (χ0n) is 10.4. The molecule has 1 unspecified atom stereocenters. The van der Waals surface area contributed by atoms with E-state index in [4.69, 9.17) is 4.74 Å². The minimum Gasteiger partial charge on any atom is -0.494 e. The molecule has 1 aliphatic heterocycles. The van der Waals surface area contributed by atoms with E-state index in [1.807, 2.05) is 6.92 Å². The van der Waals surface area contributed by atoms with Crippen molar-refractivity contribution in [2.75, 3.05) is 18.1 Å². The molecule has 1 aromatic carbocycles. The molecule has 0 radical (unpaired) electrons. The third kappa shape index (κ3) is 4.25. The van der Waals surface area contributed by atoms with Crippen molar-refractivity contribution in [2.24, 2.45) is 0 Å². The van der Waals surface area contributed by atoms with Crippen LogP contribution in [0, 0.1) is 0 Å². The summed E-state index contributed by atoms with van der Waals surface area (Å²) >= 11 is 2.06. The Morgan fingerprint density at radius 3 is 2.82 bits per heavy atom. The second-order valence-corrected chi connectivity index (χ2v) is 5.52. The van der Waals surface area contributed by atoms with Gasteiger partial charge >= 0.3 is 0 Å². The maximum absolute atomic E-state index is 5.43. The van der Waals surface area contributed by atoms with Crippen molar-refractivity contribution >= 4 is 11.8 Å². The van der Waals surface area contributed by atoms with Gasteiger partial charge in [-0.25, -0.2) is 0 Å². The zero-order valence-corrected chi connectivity index (χ0v) is 11.3. The molecule has 0 aromatic heterocycles. The van der Waals surface area contributed by atoms with Crippen molar-refractivity contribution in [2.45, 2.75) is 32.4 Å². The Hall–Kier alpha value is -0.670. The number of nitrogens with one attached hydrogen (secondary N) is 1. The largest absolute Gasteiger partial charge is 0.494 e. The summed E-state index contributed by atoms with van der Waals surface area (Å²) in [7, 11) is 0. The summed E-state index contributed by atoms with van der Waals surface area (Å²) in [6, 6.07) is 9.09. The molecule has 1 fully saturated rings. The molecule has 3 heteroatoms. The molecule has 17 heavy (non-hydrogen) atoms. The SMILES string of the molecule is CCOc1ccc(CNC2CCCSC2)cc1. The highest BCUT2D eigenvalue weighted by Gasteiger charge is 2.12. The molecule has 0 amide bonds. The Labute approximate surface area is 108 Å². The molecular weight excluding hydrogens is 230 g/mol. The molecule has 0 aliphatic carbocycles. The maximum Gasteiger partial charge on any atom is 0.119 e. The number of benzene rings is 1. The Balaban J connectivity index is 1.77. The monoisotopic (exact) mass is 251 g/mol. The summed E-state index contributed by atoms with van der Waals surface area (Å²) < 4.78 is 5.43. The molecule has 1 atom stereocenters. The molecule has 94 valence electrons. The highest BCUT2D eigenvalue weighted by Crippen LogP contribution is 2.18. The molecule has 0 spiro atoms. The molecule has 1 aromatic rings. The van der Waals surface area contributed by atoms with Crippen LogP contribution in [0.4, 0.5) is 0 Å². The Kier molecular flexibility index (Phi) is 5.20. The first kappa shape index (κ1) is 12.8. The summed E-state index contributed by atoms with van der Waals surface area (Å²) in [5, 5.41) is 3.63. The third-order valence-electron chi connectivity index (χ3n) is 2.99. The van der Waals surface area contributed by atoms with Crippen molar-refractivity contribution in [3.05, 3.63) is 29.8 Å². The van der Waals surface area contributed by atoms with Gasteiger partial charge in [-0.1, -0.05) is 12.1 Å². The summed E-state index contributed by atoms with van der Waals surface area (Å²) in [5.41, 5.74) is 1.34. The summed E-state index contributed by atoms with van der Waals surface area (Å²) in [6.07, 6.45) is 2.68. The lowest BCUT2D eigenvalue weighted by atomic mass is 10.1. The standard InChI is InChI=1S/C14H21NOS/c1-2-16-14-7-5-12(6-8-14)10-15-13-4-3-9-17-11-13/h5-8,13,15H,2-4,9-11H2,1H3. The van der Waals surface area contributed by atoms with Crippen molar-refractivity contribution in [3.8, 4) is 5.75 Å². The number of thioether (sulfide) groups is 1. The van der Waals surface area contributed by atoms with E-state index >= 15 is 0 Å². The fourth-order valence-electron chi connectivity index (χ4n) is 2.03. The Morgan fingerprint density at radius 2 is 2.18 bits per heavy atom. The molecule has 0 bridgehead atoms. The first-order valence-corrected chi connectivity index (χ1v) is 7.57. The van der Waals surface area contributed by atoms with Gasteiger partial charge in [-0.3, -0.25) is 0 Å². The van der Waals surface area contributed by atoms with Gasteiger partial charge in [0.05, 0.1) is 6.61 Å². The van der Waals surface area contributed by atoms with Crippen LogP contribution in [-0.2, 0) is 6.54 Å². The van der Waals surface area contributed by atoms with Gasteiger partial charge < -0.3 is 10.1 Å². The van der Waals surface area contributed by atoms with Gasteiger partial charge in [0.1, 0.15) is 5.75 Å². The van der Waals surface area contributed by atoms with Crippen molar-refractivity contribution in [3.63, 3.8) is 0 Å². The second-order valence-electron chi connectivity index (χ2n) is 4.37. The van der Waals surface area contributed by atoms with E-state index in [0.29, 0.717) is 6.04 Å². The number of rotatable bonds is 5. The van der Waals surface area contributed by atoms with E-state index in [0.717, 1.165) is 18.9 Å². The summed E-state index contributed by atoms with van der Waals surface area (Å²) in [4.78, 5) is 0. The average Bonchev–Trinajstić information content (AvgIpc) is 2.40. The molecule has 2 rings (SSSR count). The van der Waals surface area contributed by atoms with E-state index < -0.39 is 0 Å². The molecule has 1 aliphatic rings. The van der Waals surface area contributed by atoms with Gasteiger partial charge in [0, 0.05) is 18.3 Å². The van der Waals surface area contributed by atoms with Crippen LogP contribution in [-0.4, -0.2) is 24.2 Å². The van der Waals surface area contributed by atoms with E-state index in [1.165, 1.54) is 29.9 Å². The molecular formula is C14H21NOS. The predicted octanol–water partition coefficient (Wildman–Crippen LogP) is 3.07. The van der Waals surface area contributed by atoms with Gasteiger partial charge in [-0.05, 0) is 43.2 Å². The predicted molar refractivity (Wildman–Crippen MR) is 74.8 cm³/mol. The summed E-state index contributed by atoms with van der Waals surface area (Å²) in [5.74, 6) is 3.56. The van der Waals surface area contributed by atoms with Crippen molar-refractivity contribution < 1.29 is 4.74 Å². The number of hydrogen-bond donors (Lipinski definition) is 1. The van der Waals surface area contributed by atoms with Crippen LogP contribution in [0.3, 0.4) is 0 Å². The van der Waals surface area contributed by atoms with Gasteiger partial charge in [-0.15, -0.1) is 0 Å². The summed E-state index contributed by atoms with van der Waals surface area (Å²) in [6.45, 7) is 3.71. The van der Waals surface area contributed by atoms with Gasteiger partial charge in [0.15, 0.2) is 0 Å². The number of hydrogen-bond acceptors (Lipinski definition) is 3. The molecule has 2 nitrogen and oxygen atoms in total. The van der Waals surface area contributed by atoms with Gasteiger partial charge in [0.2, 0.25) is 0 Å². The Bertz CT molecular complexity index is 319. The quantitative estimate of drug-likeness (QED) is 0.869. The van der Waals surface area contributed by atoms with Crippen LogP contribution in [0.15, 0.2) is 24.3 Å². The average molecular weight is 251 g/mol. The van der Waals surface area contributed by atoms with Crippen LogP contribution in [0.25, 0.3) is 0 Å². The van der Waals surface area contributed by atoms with Crippen molar-refractivity contribution in [1.82, 2.24) is 5.32 Å². The van der Waals surface area contributed by atoms with Crippen LogP contribution in [0.1, 0.15) is 25.3 Å². The van der Waals surface area contributed by atoms with Crippen molar-refractivity contribution in [1.29, 1.82) is 0 Å². The van der Waals surface area contributed by atoms with Crippen LogP contribution < -0.4 is 10.1 Å². The fourth-order valence-corrected chi connectivity index (χ4v) is 3.14. The minimum absolute atomic E-state index is 0.695.